The van der Waals surface area contributed by atoms with E-state index in [-0.39, 0.29) is 20.8 Å². The van der Waals surface area contributed by atoms with Crippen molar-refractivity contribution in [3.05, 3.63) is 86.6 Å². The van der Waals surface area contributed by atoms with Crippen LogP contribution in [0, 0.1) is 0 Å². The highest BCUT2D eigenvalue weighted by molar-refractivity contribution is 8.18. The molecule has 1 saturated heterocycles. The second-order valence-electron chi connectivity index (χ2n) is 7.35. The van der Waals surface area contributed by atoms with Crippen molar-refractivity contribution in [3.8, 4) is 22.9 Å². The van der Waals surface area contributed by atoms with Gasteiger partial charge < -0.3 is 14.2 Å². The SMILES string of the molecule is CCOc1cc(C=N/N=C2/NC(=O)/C(=C\C(=O)OC)S2)ccc1Oc1cnn(-c2ccccc2)c(=O)c1Cl. The Hall–Kier alpha value is -4.42. The van der Waals surface area contributed by atoms with Crippen LogP contribution in [0.4, 0.5) is 0 Å². The summed E-state index contributed by atoms with van der Waals surface area (Å²) in [7, 11) is 1.22. The Morgan fingerprint density at radius 3 is 2.68 bits per heavy atom. The van der Waals surface area contributed by atoms with Gasteiger partial charge >= 0.3 is 5.97 Å². The van der Waals surface area contributed by atoms with E-state index in [0.717, 1.165) is 17.8 Å². The van der Waals surface area contributed by atoms with E-state index in [1.54, 1.807) is 42.5 Å². The number of carbonyl (C=O) groups is 2. The zero-order valence-corrected chi connectivity index (χ0v) is 21.7. The second kappa shape index (κ2) is 12.2. The minimum atomic E-state index is -0.646. The number of nitrogens with zero attached hydrogens (tertiary/aromatic N) is 4. The summed E-state index contributed by atoms with van der Waals surface area (Å²) in [5.41, 5.74) is 0.658. The third kappa shape index (κ3) is 6.28. The van der Waals surface area contributed by atoms with Crippen LogP contribution in [0.25, 0.3) is 5.69 Å². The van der Waals surface area contributed by atoms with Crippen molar-refractivity contribution in [3.63, 3.8) is 0 Å². The van der Waals surface area contributed by atoms with Crippen LogP contribution >= 0.6 is 23.4 Å². The average Bonchev–Trinajstić information content (AvgIpc) is 3.27. The molecule has 0 radical (unpaired) electrons. The molecular formula is C25H20ClN5O6S. The number of benzene rings is 2. The molecule has 194 valence electrons. The van der Waals surface area contributed by atoms with Gasteiger partial charge in [-0.1, -0.05) is 29.8 Å². The van der Waals surface area contributed by atoms with E-state index in [9.17, 15) is 14.4 Å². The standard InChI is InChI=1S/C25H20ClN5O6S/c1-3-36-18-11-15(13-27-30-25-29-23(33)20(38-25)12-21(32)35-2)9-10-17(18)37-19-14-28-31(24(34)22(19)26)16-7-5-4-6-8-16/h4-14H,3H2,1-2H3,(H,29,30,33)/b20-12+,27-13?. The van der Waals surface area contributed by atoms with Crippen molar-refractivity contribution < 1.29 is 23.8 Å². The third-order valence-electron chi connectivity index (χ3n) is 4.83. The number of ether oxygens (including phenoxy) is 3. The molecule has 0 bridgehead atoms. The Morgan fingerprint density at radius 1 is 1.16 bits per heavy atom. The maximum atomic E-state index is 12.8. The van der Waals surface area contributed by atoms with Gasteiger partial charge in [-0.15, -0.1) is 5.10 Å². The third-order valence-corrected chi connectivity index (χ3v) is 6.08. The molecular weight excluding hydrogens is 534 g/mol. The number of halogens is 1. The fourth-order valence-electron chi connectivity index (χ4n) is 3.11. The van der Waals surface area contributed by atoms with Gasteiger partial charge in [-0.25, -0.2) is 4.79 Å². The van der Waals surface area contributed by atoms with E-state index in [1.807, 2.05) is 13.0 Å². The lowest BCUT2D eigenvalue weighted by Crippen LogP contribution is -2.21. The van der Waals surface area contributed by atoms with Crippen LogP contribution < -0.4 is 20.3 Å². The van der Waals surface area contributed by atoms with Crippen molar-refractivity contribution in [2.24, 2.45) is 10.2 Å². The first-order valence-corrected chi connectivity index (χ1v) is 12.3. The van der Waals surface area contributed by atoms with Gasteiger partial charge in [0.15, 0.2) is 27.4 Å². The van der Waals surface area contributed by atoms with E-state index in [1.165, 1.54) is 24.2 Å². The minimum absolute atomic E-state index is 0.0717. The Balaban J connectivity index is 1.52. The largest absolute Gasteiger partial charge is 0.490 e. The second-order valence-corrected chi connectivity index (χ2v) is 8.76. The van der Waals surface area contributed by atoms with Gasteiger partial charge in [0.1, 0.15) is 0 Å². The van der Waals surface area contributed by atoms with Crippen molar-refractivity contribution >= 4 is 46.6 Å². The number of methoxy groups -OCH3 is 1. The van der Waals surface area contributed by atoms with Crippen LogP contribution in [0.2, 0.25) is 5.02 Å². The summed E-state index contributed by atoms with van der Waals surface area (Å²) in [6.07, 6.45) is 3.88. The fourth-order valence-corrected chi connectivity index (χ4v) is 4.01. The smallest absolute Gasteiger partial charge is 0.331 e. The molecule has 1 fully saturated rings. The molecule has 1 aromatic heterocycles. The van der Waals surface area contributed by atoms with Crippen molar-refractivity contribution in [1.29, 1.82) is 0 Å². The number of esters is 1. The number of rotatable bonds is 8. The first-order chi connectivity index (χ1) is 18.4. The molecule has 3 aromatic rings. The molecule has 1 aliphatic heterocycles. The number of amides is 1. The summed E-state index contributed by atoms with van der Waals surface area (Å²) in [6.45, 7) is 2.16. The summed E-state index contributed by atoms with van der Waals surface area (Å²) < 4.78 is 17.3. The molecule has 2 heterocycles. The number of hydrogen-bond acceptors (Lipinski definition) is 10. The summed E-state index contributed by atoms with van der Waals surface area (Å²) in [5.74, 6) is -0.361. The molecule has 11 nitrogen and oxygen atoms in total. The monoisotopic (exact) mass is 553 g/mol. The van der Waals surface area contributed by atoms with Crippen LogP contribution in [0.3, 0.4) is 0 Å². The zero-order chi connectivity index (χ0) is 27.1. The number of amidine groups is 1. The Bertz CT molecular complexity index is 1520. The molecule has 1 N–H and O–H groups in total. The van der Waals surface area contributed by atoms with Gasteiger partial charge in [0.2, 0.25) is 0 Å². The van der Waals surface area contributed by atoms with Crippen LogP contribution in [0.15, 0.2) is 80.7 Å². The van der Waals surface area contributed by atoms with Gasteiger partial charge in [0.05, 0.1) is 36.7 Å². The van der Waals surface area contributed by atoms with Crippen LogP contribution in [0.5, 0.6) is 17.2 Å². The summed E-state index contributed by atoms with van der Waals surface area (Å²) >= 11 is 7.27. The van der Waals surface area contributed by atoms with Crippen molar-refractivity contribution in [2.45, 2.75) is 6.92 Å². The predicted octanol–water partition coefficient (Wildman–Crippen LogP) is 3.69. The molecule has 0 aliphatic carbocycles. The minimum Gasteiger partial charge on any atom is -0.490 e. The predicted molar refractivity (Wildman–Crippen MR) is 143 cm³/mol. The number of nitrogens with one attached hydrogen (secondary N) is 1. The van der Waals surface area contributed by atoms with Crippen LogP contribution in [-0.2, 0) is 14.3 Å². The molecule has 38 heavy (non-hydrogen) atoms. The lowest BCUT2D eigenvalue weighted by Gasteiger charge is -2.13. The number of carbonyl (C=O) groups excluding carboxylic acids is 2. The number of hydrogen-bond donors (Lipinski definition) is 1. The molecule has 13 heteroatoms. The summed E-state index contributed by atoms with van der Waals surface area (Å²) in [4.78, 5) is 36.2. The van der Waals surface area contributed by atoms with E-state index in [0.29, 0.717) is 29.4 Å². The van der Waals surface area contributed by atoms with Crippen LogP contribution in [-0.4, -0.2) is 46.8 Å². The lowest BCUT2D eigenvalue weighted by atomic mass is 10.2. The van der Waals surface area contributed by atoms with Gasteiger partial charge in [-0.3, -0.25) is 14.9 Å². The molecule has 0 saturated carbocycles. The molecule has 0 unspecified atom stereocenters. The molecule has 1 aliphatic rings. The molecule has 2 aromatic carbocycles. The summed E-state index contributed by atoms with van der Waals surface area (Å²) in [5, 5.41) is 14.7. The first-order valence-electron chi connectivity index (χ1n) is 11.1. The van der Waals surface area contributed by atoms with E-state index in [4.69, 9.17) is 21.1 Å². The highest BCUT2D eigenvalue weighted by Crippen LogP contribution is 2.34. The topological polar surface area (TPSA) is 133 Å². The molecule has 1 amide bonds. The van der Waals surface area contributed by atoms with Crippen molar-refractivity contribution in [2.75, 3.05) is 13.7 Å². The highest BCUT2D eigenvalue weighted by atomic mass is 35.5. The normalized spacial score (nSPS) is 15.2. The van der Waals surface area contributed by atoms with Gasteiger partial charge in [-0.05, 0) is 54.6 Å². The number of para-hydroxylation sites is 1. The number of aromatic nitrogens is 2. The molecule has 0 atom stereocenters. The average molecular weight is 554 g/mol. The van der Waals surface area contributed by atoms with Crippen LogP contribution in [0.1, 0.15) is 12.5 Å². The Labute approximate surface area is 225 Å². The van der Waals surface area contributed by atoms with Gasteiger partial charge in [0.25, 0.3) is 11.5 Å². The van der Waals surface area contributed by atoms with E-state index < -0.39 is 17.4 Å². The fraction of sp³-hybridized carbons (Fsp3) is 0.120. The first kappa shape index (κ1) is 26.6. The maximum absolute atomic E-state index is 12.8. The van der Waals surface area contributed by atoms with Gasteiger partial charge in [0, 0.05) is 6.08 Å². The Morgan fingerprint density at radius 2 is 1.95 bits per heavy atom. The van der Waals surface area contributed by atoms with E-state index >= 15 is 0 Å². The molecule has 0 spiro atoms. The highest BCUT2D eigenvalue weighted by Gasteiger charge is 2.25. The lowest BCUT2D eigenvalue weighted by molar-refractivity contribution is -0.135. The maximum Gasteiger partial charge on any atom is 0.331 e. The zero-order valence-electron chi connectivity index (χ0n) is 20.1. The summed E-state index contributed by atoms with van der Waals surface area (Å²) in [6, 6.07) is 13.9. The van der Waals surface area contributed by atoms with Gasteiger partial charge in [-0.2, -0.15) is 14.9 Å². The molecule has 4 rings (SSSR count). The number of thioether (sulfide) groups is 1. The van der Waals surface area contributed by atoms with E-state index in [2.05, 4.69) is 25.4 Å². The quantitative estimate of drug-likeness (QED) is 0.193. The van der Waals surface area contributed by atoms with Crippen molar-refractivity contribution in [1.82, 2.24) is 15.1 Å². The Kier molecular flexibility index (Phi) is 8.56.